The van der Waals surface area contributed by atoms with Gasteiger partial charge in [0.05, 0.1) is 18.0 Å². The molecule has 1 aromatic rings. The molecule has 0 bridgehead atoms. The van der Waals surface area contributed by atoms with Crippen LogP contribution in [0.25, 0.3) is 0 Å². The van der Waals surface area contributed by atoms with E-state index in [2.05, 4.69) is 10.0 Å². The maximum atomic E-state index is 11.8. The number of carbonyl (C=O) groups excluding carboxylic acids is 1. The Morgan fingerprint density at radius 3 is 2.50 bits per heavy atom. The zero-order valence-electron chi connectivity index (χ0n) is 9.96. The van der Waals surface area contributed by atoms with E-state index < -0.39 is 22.0 Å². The van der Waals surface area contributed by atoms with Crippen LogP contribution in [0.5, 0.6) is 0 Å². The number of aliphatic hydroxyl groups is 1. The molecule has 1 aromatic carbocycles. The number of benzene rings is 1. The van der Waals surface area contributed by atoms with Crippen LogP contribution in [0.4, 0.5) is 0 Å². The van der Waals surface area contributed by atoms with Crippen LogP contribution < -0.4 is 10.0 Å². The van der Waals surface area contributed by atoms with Crippen molar-refractivity contribution in [3.8, 4) is 0 Å². The summed E-state index contributed by atoms with van der Waals surface area (Å²) in [5, 5.41) is 11.2. The van der Waals surface area contributed by atoms with Crippen molar-refractivity contribution in [1.29, 1.82) is 0 Å². The molecule has 3 N–H and O–H groups in total. The fourth-order valence-electron chi connectivity index (χ4n) is 1.22. The number of nitrogens with one attached hydrogen (secondary N) is 2. The minimum atomic E-state index is -3.67. The molecule has 0 heterocycles. The molecule has 0 fully saturated rings. The van der Waals surface area contributed by atoms with Crippen LogP contribution in [0, 0.1) is 0 Å². The van der Waals surface area contributed by atoms with Gasteiger partial charge in [-0.25, -0.2) is 13.1 Å². The second-order valence-electron chi connectivity index (χ2n) is 3.79. The molecule has 1 atom stereocenters. The molecule has 0 saturated carbocycles. The van der Waals surface area contributed by atoms with Crippen LogP contribution in [0.2, 0.25) is 0 Å². The van der Waals surface area contributed by atoms with Crippen LogP contribution in [0.15, 0.2) is 35.2 Å². The number of sulfonamides is 1. The average molecular weight is 272 g/mol. The highest BCUT2D eigenvalue weighted by atomic mass is 32.2. The van der Waals surface area contributed by atoms with Gasteiger partial charge < -0.3 is 10.4 Å². The fraction of sp³-hybridized carbons (Fsp3) is 0.364. The molecule has 0 aliphatic heterocycles. The van der Waals surface area contributed by atoms with Crippen molar-refractivity contribution in [3.05, 3.63) is 30.3 Å². The lowest BCUT2D eigenvalue weighted by Crippen LogP contribution is -2.42. The molecule has 0 radical (unpaired) electrons. The van der Waals surface area contributed by atoms with E-state index in [1.54, 1.807) is 25.1 Å². The van der Waals surface area contributed by atoms with Gasteiger partial charge in [-0.3, -0.25) is 4.79 Å². The second kappa shape index (κ2) is 6.48. The molecule has 0 spiro atoms. The van der Waals surface area contributed by atoms with Crippen LogP contribution in [0.1, 0.15) is 6.92 Å². The van der Waals surface area contributed by atoms with E-state index in [-0.39, 0.29) is 18.0 Å². The van der Waals surface area contributed by atoms with Gasteiger partial charge in [0.15, 0.2) is 0 Å². The third kappa shape index (κ3) is 4.44. The van der Waals surface area contributed by atoms with Gasteiger partial charge >= 0.3 is 0 Å². The Hall–Kier alpha value is -1.44. The zero-order valence-corrected chi connectivity index (χ0v) is 10.8. The predicted molar refractivity (Wildman–Crippen MR) is 66.3 cm³/mol. The molecule has 1 rings (SSSR count). The average Bonchev–Trinajstić information content (AvgIpc) is 2.37. The van der Waals surface area contributed by atoms with Gasteiger partial charge in [-0.2, -0.15) is 0 Å². The van der Waals surface area contributed by atoms with Crippen LogP contribution >= 0.6 is 0 Å². The maximum absolute atomic E-state index is 11.8. The van der Waals surface area contributed by atoms with Crippen molar-refractivity contribution >= 4 is 15.9 Å². The third-order valence-corrected chi connectivity index (χ3v) is 3.57. The minimum absolute atomic E-state index is 0.105. The molecule has 1 unspecified atom stereocenters. The number of aliphatic hydroxyl groups excluding tert-OH is 1. The summed E-state index contributed by atoms with van der Waals surface area (Å²) in [6, 6.07) is 7.38. The number of hydrogen-bond acceptors (Lipinski definition) is 4. The molecule has 0 saturated heterocycles. The van der Waals surface area contributed by atoms with Crippen LogP contribution in [0.3, 0.4) is 0 Å². The highest BCUT2D eigenvalue weighted by Crippen LogP contribution is 2.06. The molecule has 100 valence electrons. The molecular formula is C11H16N2O4S. The number of carbonyl (C=O) groups is 1. The Balaban J connectivity index is 2.56. The summed E-state index contributed by atoms with van der Waals surface area (Å²) in [4.78, 5) is 11.4. The highest BCUT2D eigenvalue weighted by Gasteiger charge is 2.15. The van der Waals surface area contributed by atoms with Gasteiger partial charge in [0, 0.05) is 6.04 Å². The van der Waals surface area contributed by atoms with Crippen molar-refractivity contribution in [1.82, 2.24) is 10.0 Å². The second-order valence-corrected chi connectivity index (χ2v) is 5.56. The number of hydrogen-bond donors (Lipinski definition) is 3. The summed E-state index contributed by atoms with van der Waals surface area (Å²) in [5.74, 6) is -0.490. The smallest absolute Gasteiger partial charge is 0.241 e. The van der Waals surface area contributed by atoms with Crippen molar-refractivity contribution in [3.63, 3.8) is 0 Å². The lowest BCUT2D eigenvalue weighted by atomic mass is 10.3. The molecule has 6 nitrogen and oxygen atoms in total. The summed E-state index contributed by atoms with van der Waals surface area (Å²) in [7, 11) is -3.67. The normalized spacial score (nSPS) is 13.0. The van der Waals surface area contributed by atoms with E-state index in [0.29, 0.717) is 0 Å². The topological polar surface area (TPSA) is 95.5 Å². The Morgan fingerprint density at radius 1 is 1.33 bits per heavy atom. The van der Waals surface area contributed by atoms with Crippen molar-refractivity contribution in [2.75, 3.05) is 13.2 Å². The van der Waals surface area contributed by atoms with E-state index in [1.165, 1.54) is 12.1 Å². The monoisotopic (exact) mass is 272 g/mol. The maximum Gasteiger partial charge on any atom is 0.241 e. The molecular weight excluding hydrogens is 256 g/mol. The first kappa shape index (κ1) is 14.6. The molecule has 1 amide bonds. The Labute approximate surface area is 106 Å². The standard InChI is InChI=1S/C11H16N2O4S/c1-9(8-14)13-11(15)7-12-18(16,17)10-5-3-2-4-6-10/h2-6,9,12,14H,7-8H2,1H3,(H,13,15). The summed E-state index contributed by atoms with van der Waals surface area (Å²) in [6.07, 6.45) is 0. The van der Waals surface area contributed by atoms with Crippen molar-refractivity contribution in [2.24, 2.45) is 0 Å². The minimum Gasteiger partial charge on any atom is -0.394 e. The quantitative estimate of drug-likeness (QED) is 0.648. The van der Waals surface area contributed by atoms with Gasteiger partial charge in [-0.1, -0.05) is 18.2 Å². The van der Waals surface area contributed by atoms with Crippen molar-refractivity contribution in [2.45, 2.75) is 17.9 Å². The van der Waals surface area contributed by atoms with E-state index in [4.69, 9.17) is 5.11 Å². The van der Waals surface area contributed by atoms with E-state index in [0.717, 1.165) is 0 Å². The first-order chi connectivity index (χ1) is 8.45. The summed E-state index contributed by atoms with van der Waals surface area (Å²) in [5.41, 5.74) is 0. The van der Waals surface area contributed by atoms with Gasteiger partial charge in [0.2, 0.25) is 15.9 Å². The summed E-state index contributed by atoms with van der Waals surface area (Å²) in [6.45, 7) is 1.06. The van der Waals surface area contributed by atoms with E-state index >= 15 is 0 Å². The Kier molecular flexibility index (Phi) is 5.26. The van der Waals surface area contributed by atoms with Crippen LogP contribution in [-0.4, -0.2) is 38.6 Å². The third-order valence-electron chi connectivity index (χ3n) is 2.16. The van der Waals surface area contributed by atoms with Crippen molar-refractivity contribution < 1.29 is 18.3 Å². The molecule has 18 heavy (non-hydrogen) atoms. The van der Waals surface area contributed by atoms with Gasteiger partial charge in [0.1, 0.15) is 0 Å². The van der Waals surface area contributed by atoms with E-state index in [9.17, 15) is 13.2 Å². The van der Waals surface area contributed by atoms with E-state index in [1.807, 2.05) is 0 Å². The van der Waals surface area contributed by atoms with Gasteiger partial charge in [0.25, 0.3) is 0 Å². The van der Waals surface area contributed by atoms with Gasteiger partial charge in [-0.15, -0.1) is 0 Å². The Bertz CT molecular complexity index is 487. The largest absolute Gasteiger partial charge is 0.394 e. The van der Waals surface area contributed by atoms with Crippen LogP contribution in [-0.2, 0) is 14.8 Å². The SMILES string of the molecule is CC(CO)NC(=O)CNS(=O)(=O)c1ccccc1. The molecule has 7 heteroatoms. The summed E-state index contributed by atoms with van der Waals surface area (Å²) >= 11 is 0. The zero-order chi connectivity index (χ0) is 13.6. The van der Waals surface area contributed by atoms with Gasteiger partial charge in [-0.05, 0) is 19.1 Å². The first-order valence-electron chi connectivity index (χ1n) is 5.40. The molecule has 0 aromatic heterocycles. The predicted octanol–water partition coefficient (Wildman–Crippen LogP) is -0.538. The Morgan fingerprint density at radius 2 is 1.94 bits per heavy atom. The number of rotatable bonds is 6. The fourth-order valence-corrected chi connectivity index (χ4v) is 2.22. The lowest BCUT2D eigenvalue weighted by Gasteiger charge is -2.11. The summed E-state index contributed by atoms with van der Waals surface area (Å²) < 4.78 is 25.7. The number of amides is 1. The molecule has 0 aliphatic carbocycles. The lowest BCUT2D eigenvalue weighted by molar-refractivity contribution is -0.120. The highest BCUT2D eigenvalue weighted by molar-refractivity contribution is 7.89. The first-order valence-corrected chi connectivity index (χ1v) is 6.89. The molecule has 0 aliphatic rings.